The van der Waals surface area contributed by atoms with E-state index in [2.05, 4.69) is 29.1 Å². The molecule has 1 rings (SSSR count). The molecule has 0 aliphatic carbocycles. The van der Waals surface area contributed by atoms with E-state index in [1.807, 2.05) is 6.92 Å². The first kappa shape index (κ1) is 18.7. The Morgan fingerprint density at radius 1 is 1.32 bits per heavy atom. The highest BCUT2D eigenvalue weighted by molar-refractivity contribution is 7.80. The zero-order valence-corrected chi connectivity index (χ0v) is 14.5. The van der Waals surface area contributed by atoms with E-state index < -0.39 is 5.92 Å². The molecule has 7 heteroatoms. The molecule has 2 amide bonds. The number of carbonyl (C=O) groups excluding carboxylic acids is 2. The zero-order chi connectivity index (χ0) is 16.5. The quantitative estimate of drug-likeness (QED) is 0.391. The fraction of sp³-hybridized carbons (Fsp3) is 0.733. The van der Waals surface area contributed by atoms with Crippen LogP contribution in [-0.4, -0.2) is 65.7 Å². The van der Waals surface area contributed by atoms with Gasteiger partial charge in [-0.25, -0.2) is 0 Å². The fourth-order valence-electron chi connectivity index (χ4n) is 2.21. The van der Waals surface area contributed by atoms with Crippen LogP contribution in [0, 0.1) is 5.92 Å². The number of nitrogens with one attached hydrogen (secondary N) is 1. The summed E-state index contributed by atoms with van der Waals surface area (Å²) in [5.41, 5.74) is 0. The van der Waals surface area contributed by atoms with Crippen molar-refractivity contribution in [2.45, 2.75) is 33.6 Å². The Balaban J connectivity index is 2.61. The average Bonchev–Trinajstić information content (AvgIpc) is 2.50. The largest absolute Gasteiger partial charge is 0.302 e. The van der Waals surface area contributed by atoms with Crippen LogP contribution in [0.25, 0.3) is 0 Å². The van der Waals surface area contributed by atoms with Crippen LogP contribution in [0.15, 0.2) is 4.99 Å². The molecule has 0 aromatic heterocycles. The van der Waals surface area contributed by atoms with Gasteiger partial charge in [-0.3, -0.25) is 19.5 Å². The molecule has 0 aromatic carbocycles. The topological polar surface area (TPSA) is 65.0 Å². The molecule has 124 valence electrons. The normalized spacial score (nSPS) is 19.4. The maximum atomic E-state index is 12.4. The van der Waals surface area contributed by atoms with E-state index in [4.69, 9.17) is 12.2 Å². The summed E-state index contributed by atoms with van der Waals surface area (Å²) in [7, 11) is 0. The van der Waals surface area contributed by atoms with Crippen LogP contribution in [0.2, 0.25) is 0 Å². The molecule has 1 heterocycles. The van der Waals surface area contributed by atoms with Gasteiger partial charge in [0.25, 0.3) is 0 Å². The summed E-state index contributed by atoms with van der Waals surface area (Å²) >= 11 is 5.07. The maximum Gasteiger partial charge on any atom is 0.246 e. The van der Waals surface area contributed by atoms with Crippen molar-refractivity contribution < 1.29 is 9.59 Å². The molecule has 0 aromatic rings. The minimum absolute atomic E-state index is 0.205. The van der Waals surface area contributed by atoms with Crippen LogP contribution in [-0.2, 0) is 9.59 Å². The Bertz CT molecular complexity index is 435. The van der Waals surface area contributed by atoms with E-state index in [-0.39, 0.29) is 16.9 Å². The third-order valence-corrected chi connectivity index (χ3v) is 4.04. The summed E-state index contributed by atoms with van der Waals surface area (Å²) in [6, 6.07) is 0. The van der Waals surface area contributed by atoms with Gasteiger partial charge in [-0.2, -0.15) is 0 Å². The van der Waals surface area contributed by atoms with Crippen molar-refractivity contribution in [3.8, 4) is 0 Å². The van der Waals surface area contributed by atoms with E-state index in [0.29, 0.717) is 13.1 Å². The van der Waals surface area contributed by atoms with Gasteiger partial charge in [0.2, 0.25) is 11.8 Å². The lowest BCUT2D eigenvalue weighted by Gasteiger charge is -2.30. The predicted molar refractivity (Wildman–Crippen MR) is 92.0 cm³/mol. The highest BCUT2D eigenvalue weighted by Gasteiger charge is 2.36. The fourth-order valence-corrected chi connectivity index (χ4v) is 2.49. The first-order valence-electron chi connectivity index (χ1n) is 7.93. The van der Waals surface area contributed by atoms with Crippen molar-refractivity contribution in [2.75, 3.05) is 32.7 Å². The number of thiocarbonyl (C=S) groups is 1. The summed E-state index contributed by atoms with van der Waals surface area (Å²) in [6.07, 6.45) is 3.28. The van der Waals surface area contributed by atoms with Gasteiger partial charge in [-0.1, -0.05) is 27.2 Å². The van der Waals surface area contributed by atoms with Crippen molar-refractivity contribution in [3.63, 3.8) is 0 Å². The van der Waals surface area contributed by atoms with Crippen LogP contribution in [0.5, 0.6) is 0 Å². The Morgan fingerprint density at radius 2 is 2.00 bits per heavy atom. The Morgan fingerprint density at radius 3 is 2.59 bits per heavy atom. The predicted octanol–water partition coefficient (Wildman–Crippen LogP) is 1.06. The first-order valence-corrected chi connectivity index (χ1v) is 8.34. The summed E-state index contributed by atoms with van der Waals surface area (Å²) in [5.74, 6) is -1.51. The number of likely N-dealkylation sites (N-methyl/N-ethyl adjacent to an activating group) is 1. The highest BCUT2D eigenvalue weighted by atomic mass is 32.1. The van der Waals surface area contributed by atoms with E-state index in [9.17, 15) is 9.59 Å². The van der Waals surface area contributed by atoms with Gasteiger partial charge in [0.05, 0.1) is 6.54 Å². The van der Waals surface area contributed by atoms with Gasteiger partial charge in [-0.15, -0.1) is 0 Å². The van der Waals surface area contributed by atoms with E-state index >= 15 is 0 Å². The maximum absolute atomic E-state index is 12.4. The molecular weight excluding hydrogens is 300 g/mol. The number of carbonyl (C=O) groups is 2. The second-order valence-electron chi connectivity index (χ2n) is 5.20. The van der Waals surface area contributed by atoms with Gasteiger partial charge in [0.1, 0.15) is 0 Å². The molecule has 0 unspecified atom stereocenters. The lowest BCUT2D eigenvalue weighted by molar-refractivity contribution is -0.137. The lowest BCUT2D eigenvalue weighted by atomic mass is 10.1. The minimum Gasteiger partial charge on any atom is -0.302 e. The Hall–Kier alpha value is -1.34. The monoisotopic (exact) mass is 326 g/mol. The third-order valence-electron chi connectivity index (χ3n) is 3.72. The molecule has 6 nitrogen and oxygen atoms in total. The van der Waals surface area contributed by atoms with E-state index in [0.717, 1.165) is 32.5 Å². The number of rotatable bonds is 9. The number of hydrogen-bond acceptors (Lipinski definition) is 5. The third kappa shape index (κ3) is 5.14. The van der Waals surface area contributed by atoms with Gasteiger partial charge < -0.3 is 10.2 Å². The van der Waals surface area contributed by atoms with Crippen molar-refractivity contribution in [3.05, 3.63) is 0 Å². The summed E-state index contributed by atoms with van der Waals surface area (Å²) in [5, 5.41) is 2.79. The second kappa shape index (κ2) is 9.63. The number of nitrogens with zero attached hydrogens (tertiary/aromatic N) is 3. The van der Waals surface area contributed by atoms with Gasteiger partial charge in [0.15, 0.2) is 11.0 Å². The molecule has 1 saturated heterocycles. The molecule has 0 saturated carbocycles. The summed E-state index contributed by atoms with van der Waals surface area (Å²) < 4.78 is 0. The SMILES string of the molecule is CCCCN1C(=O)[C@H](C=NCCN(CC)CC)C(=O)NC1=S. The van der Waals surface area contributed by atoms with Crippen molar-refractivity contribution >= 4 is 35.4 Å². The molecule has 1 fully saturated rings. The van der Waals surface area contributed by atoms with E-state index in [1.54, 1.807) is 0 Å². The van der Waals surface area contributed by atoms with E-state index in [1.165, 1.54) is 11.1 Å². The first-order chi connectivity index (χ1) is 10.5. The summed E-state index contributed by atoms with van der Waals surface area (Å²) in [4.78, 5) is 32.3. The van der Waals surface area contributed by atoms with Crippen LogP contribution < -0.4 is 5.32 Å². The Kier molecular flexibility index (Phi) is 8.19. The molecule has 1 atom stereocenters. The average molecular weight is 326 g/mol. The van der Waals surface area contributed by atoms with Crippen LogP contribution in [0.4, 0.5) is 0 Å². The number of unbranched alkanes of at least 4 members (excludes halogenated alkanes) is 1. The molecule has 0 spiro atoms. The Labute approximate surface area is 137 Å². The van der Waals surface area contributed by atoms with Gasteiger partial charge >= 0.3 is 0 Å². The molecule has 0 bridgehead atoms. The molecule has 1 aliphatic heterocycles. The second-order valence-corrected chi connectivity index (χ2v) is 5.58. The number of aliphatic imine (C=N–C) groups is 1. The molecule has 1 aliphatic rings. The van der Waals surface area contributed by atoms with Crippen molar-refractivity contribution in [1.82, 2.24) is 15.1 Å². The van der Waals surface area contributed by atoms with Crippen molar-refractivity contribution in [1.29, 1.82) is 0 Å². The van der Waals surface area contributed by atoms with Crippen molar-refractivity contribution in [2.24, 2.45) is 10.9 Å². The lowest BCUT2D eigenvalue weighted by Crippen LogP contribution is -2.58. The zero-order valence-electron chi connectivity index (χ0n) is 13.7. The number of amides is 2. The standard InChI is InChI=1S/C15H26N4O2S/c1-4-7-9-19-14(21)12(13(20)17-15(19)22)11-16-8-10-18(5-2)6-3/h11-12H,4-10H2,1-3H3,(H,17,20,22)/t12-/m1/s1. The van der Waals surface area contributed by atoms with Gasteiger partial charge in [0, 0.05) is 19.3 Å². The molecule has 0 radical (unpaired) electrons. The molecule has 22 heavy (non-hydrogen) atoms. The van der Waals surface area contributed by atoms with Gasteiger partial charge in [-0.05, 0) is 31.7 Å². The molecule has 1 N–H and O–H groups in total. The number of hydrogen-bond donors (Lipinski definition) is 1. The molecular formula is C15H26N4O2S. The smallest absolute Gasteiger partial charge is 0.246 e. The van der Waals surface area contributed by atoms with Crippen LogP contribution >= 0.6 is 12.2 Å². The minimum atomic E-state index is -0.861. The van der Waals surface area contributed by atoms with Crippen LogP contribution in [0.3, 0.4) is 0 Å². The van der Waals surface area contributed by atoms with Crippen LogP contribution in [0.1, 0.15) is 33.6 Å². The highest BCUT2D eigenvalue weighted by Crippen LogP contribution is 2.10. The summed E-state index contributed by atoms with van der Waals surface area (Å²) in [6.45, 7) is 10.1.